The molecule has 0 fully saturated rings. The van der Waals surface area contributed by atoms with Gasteiger partial charge in [0, 0.05) is 18.8 Å². The van der Waals surface area contributed by atoms with Crippen LogP contribution >= 0.6 is 0 Å². The van der Waals surface area contributed by atoms with E-state index in [1.807, 2.05) is 22.6 Å². The number of aliphatic hydroxyl groups excluding tert-OH is 2. The van der Waals surface area contributed by atoms with Crippen molar-refractivity contribution in [3.05, 3.63) is 59.7 Å². The molecule has 0 unspecified atom stereocenters. The molecule has 4 rings (SSSR count). The molecule has 29 heavy (non-hydrogen) atoms. The molecule has 0 amide bonds. The number of para-hydroxylation sites is 1. The van der Waals surface area contributed by atoms with Crippen molar-refractivity contribution < 1.29 is 10.2 Å². The summed E-state index contributed by atoms with van der Waals surface area (Å²) in [6.45, 7) is 4.64. The van der Waals surface area contributed by atoms with Crippen molar-refractivity contribution >= 4 is 28.2 Å². The highest BCUT2D eigenvalue weighted by Crippen LogP contribution is 2.27. The largest absolute Gasteiger partial charge is 0.394 e. The Bertz CT molecular complexity index is 1140. The van der Waals surface area contributed by atoms with E-state index < -0.39 is 6.10 Å². The Kier molecular flexibility index (Phi) is 5.39. The quantitative estimate of drug-likeness (QED) is 0.381. The van der Waals surface area contributed by atoms with Crippen LogP contribution in [0.2, 0.25) is 0 Å². The number of rotatable bonds is 7. The first-order chi connectivity index (χ1) is 14.1. The number of nitrogens with zero attached hydrogens (tertiary/aromatic N) is 4. The molecule has 0 bridgehead atoms. The molecule has 4 N–H and O–H groups in total. The van der Waals surface area contributed by atoms with Gasteiger partial charge in [0.15, 0.2) is 11.5 Å². The van der Waals surface area contributed by atoms with E-state index in [1.54, 1.807) is 12.5 Å². The molecule has 150 valence electrons. The van der Waals surface area contributed by atoms with Crippen molar-refractivity contribution in [3.63, 3.8) is 0 Å². The van der Waals surface area contributed by atoms with E-state index in [2.05, 4.69) is 41.6 Å². The number of fused-ring (bicyclic) bond motifs is 3. The minimum Gasteiger partial charge on any atom is -0.394 e. The molecular formula is C21H24N6O2. The summed E-state index contributed by atoms with van der Waals surface area (Å²) in [5.74, 6) is 0.728. The van der Waals surface area contributed by atoms with Gasteiger partial charge in [-0.1, -0.05) is 18.2 Å². The smallest absolute Gasteiger partial charge is 0.164 e. The van der Waals surface area contributed by atoms with Crippen LogP contribution in [-0.4, -0.2) is 48.8 Å². The van der Waals surface area contributed by atoms with Crippen LogP contribution in [-0.2, 0) is 6.54 Å². The summed E-state index contributed by atoms with van der Waals surface area (Å²) in [4.78, 5) is 13.8. The van der Waals surface area contributed by atoms with E-state index in [9.17, 15) is 5.11 Å². The maximum Gasteiger partial charge on any atom is 0.164 e. The van der Waals surface area contributed by atoms with Gasteiger partial charge in [0.05, 0.1) is 24.6 Å². The molecule has 0 radical (unpaired) electrons. The summed E-state index contributed by atoms with van der Waals surface area (Å²) in [5, 5.41) is 24.9. The highest BCUT2D eigenvalue weighted by Gasteiger charge is 2.13. The van der Waals surface area contributed by atoms with E-state index in [0.29, 0.717) is 18.7 Å². The lowest BCUT2D eigenvalue weighted by molar-refractivity contribution is 0.0941. The Morgan fingerprint density at radius 1 is 1.10 bits per heavy atom. The molecule has 1 atom stereocenters. The fourth-order valence-corrected chi connectivity index (χ4v) is 3.31. The summed E-state index contributed by atoms with van der Waals surface area (Å²) in [5.41, 5.74) is 6.46. The third-order valence-electron chi connectivity index (χ3n) is 4.88. The van der Waals surface area contributed by atoms with Gasteiger partial charge >= 0.3 is 0 Å². The van der Waals surface area contributed by atoms with Crippen LogP contribution in [0.25, 0.3) is 16.7 Å². The Morgan fingerprint density at radius 3 is 2.66 bits per heavy atom. The molecule has 8 nitrogen and oxygen atoms in total. The number of nitrogens with one attached hydrogen (secondary N) is 2. The van der Waals surface area contributed by atoms with Crippen LogP contribution < -0.4 is 10.6 Å². The van der Waals surface area contributed by atoms with E-state index in [-0.39, 0.29) is 6.61 Å². The summed E-state index contributed by atoms with van der Waals surface area (Å²) in [6, 6.07) is 10.0. The molecule has 0 aliphatic carbocycles. The highest BCUT2D eigenvalue weighted by atomic mass is 16.3. The van der Waals surface area contributed by atoms with Gasteiger partial charge in [0.1, 0.15) is 17.4 Å². The van der Waals surface area contributed by atoms with E-state index in [0.717, 1.165) is 39.4 Å². The van der Waals surface area contributed by atoms with Crippen LogP contribution in [0.15, 0.2) is 42.9 Å². The van der Waals surface area contributed by atoms with Crippen LogP contribution in [0.1, 0.15) is 16.8 Å². The highest BCUT2D eigenvalue weighted by molar-refractivity contribution is 5.84. The fourth-order valence-electron chi connectivity index (χ4n) is 3.31. The van der Waals surface area contributed by atoms with Gasteiger partial charge in [-0.05, 0) is 37.1 Å². The van der Waals surface area contributed by atoms with E-state index in [4.69, 9.17) is 15.1 Å². The summed E-state index contributed by atoms with van der Waals surface area (Å²) < 4.78 is 1.92. The normalized spacial score (nSPS) is 12.6. The lowest BCUT2D eigenvalue weighted by Crippen LogP contribution is -2.29. The second-order valence-corrected chi connectivity index (χ2v) is 7.11. The van der Waals surface area contributed by atoms with Crippen molar-refractivity contribution in [1.82, 2.24) is 24.7 Å². The minimum absolute atomic E-state index is 0.270. The SMILES string of the molecule is Cc1cccc(C)c1Nc1nc2ccc(CNC[C@H](O)CO)nc2n2cncc12. The van der Waals surface area contributed by atoms with E-state index in [1.165, 1.54) is 0 Å². The summed E-state index contributed by atoms with van der Waals surface area (Å²) in [6.07, 6.45) is 2.72. The Hall–Kier alpha value is -3.07. The minimum atomic E-state index is -0.781. The number of hydrogen-bond acceptors (Lipinski definition) is 7. The average molecular weight is 392 g/mol. The number of aromatic nitrogens is 4. The number of hydrogen-bond donors (Lipinski definition) is 4. The Labute approximate surface area is 168 Å². The predicted molar refractivity (Wildman–Crippen MR) is 112 cm³/mol. The maximum atomic E-state index is 9.45. The first-order valence-corrected chi connectivity index (χ1v) is 9.51. The molecule has 0 spiro atoms. The predicted octanol–water partition coefficient (Wildman–Crippen LogP) is 2.08. The monoisotopic (exact) mass is 392 g/mol. The van der Waals surface area contributed by atoms with Gasteiger partial charge in [-0.2, -0.15) is 0 Å². The molecule has 8 heteroatoms. The molecule has 0 saturated heterocycles. The van der Waals surface area contributed by atoms with E-state index >= 15 is 0 Å². The number of imidazole rings is 1. The summed E-state index contributed by atoms with van der Waals surface area (Å²) >= 11 is 0. The number of pyridine rings is 1. The van der Waals surface area contributed by atoms with Crippen molar-refractivity contribution in [2.45, 2.75) is 26.5 Å². The topological polar surface area (TPSA) is 108 Å². The number of aliphatic hydroxyl groups is 2. The third-order valence-corrected chi connectivity index (χ3v) is 4.88. The van der Waals surface area contributed by atoms with Gasteiger partial charge in [0.2, 0.25) is 0 Å². The zero-order chi connectivity index (χ0) is 20.4. The van der Waals surface area contributed by atoms with Crippen LogP contribution in [0.5, 0.6) is 0 Å². The van der Waals surface area contributed by atoms with Crippen molar-refractivity contribution in [2.24, 2.45) is 0 Å². The molecular weight excluding hydrogens is 368 g/mol. The number of anilines is 2. The standard InChI is InChI=1S/C21H24N6O2/c1-13-4-3-5-14(2)19(13)26-20-18-10-23-12-27(18)21-17(25-20)7-6-15(24-21)8-22-9-16(29)11-28/h3-7,10,12,16,22,28-29H,8-9,11H2,1-2H3,(H,25,26)/t16-/m0/s1. The van der Waals surface area contributed by atoms with Crippen LogP contribution in [0.3, 0.4) is 0 Å². The molecule has 1 aromatic carbocycles. The van der Waals surface area contributed by atoms with Crippen LogP contribution in [0.4, 0.5) is 11.5 Å². The molecule has 4 aromatic rings. The molecule has 3 aromatic heterocycles. The Balaban J connectivity index is 1.69. The van der Waals surface area contributed by atoms with Crippen molar-refractivity contribution in [2.75, 3.05) is 18.5 Å². The third kappa shape index (κ3) is 3.91. The van der Waals surface area contributed by atoms with Gasteiger partial charge in [-0.25, -0.2) is 15.0 Å². The van der Waals surface area contributed by atoms with Gasteiger partial charge in [0.25, 0.3) is 0 Å². The fraction of sp³-hybridized carbons (Fsp3) is 0.286. The van der Waals surface area contributed by atoms with Gasteiger partial charge in [-0.3, -0.25) is 4.40 Å². The molecule has 0 saturated carbocycles. The van der Waals surface area contributed by atoms with Gasteiger partial charge in [-0.15, -0.1) is 0 Å². The van der Waals surface area contributed by atoms with Gasteiger partial charge < -0.3 is 20.8 Å². The molecule has 0 aliphatic rings. The average Bonchev–Trinajstić information content (AvgIpc) is 3.21. The first-order valence-electron chi connectivity index (χ1n) is 9.51. The summed E-state index contributed by atoms with van der Waals surface area (Å²) in [7, 11) is 0. The first kappa shape index (κ1) is 19.3. The molecule has 3 heterocycles. The molecule has 0 aliphatic heterocycles. The lowest BCUT2D eigenvalue weighted by atomic mass is 10.1. The second-order valence-electron chi connectivity index (χ2n) is 7.11. The van der Waals surface area contributed by atoms with Crippen molar-refractivity contribution in [3.8, 4) is 0 Å². The maximum absolute atomic E-state index is 9.45. The zero-order valence-corrected chi connectivity index (χ0v) is 16.4. The van der Waals surface area contributed by atoms with Crippen molar-refractivity contribution in [1.29, 1.82) is 0 Å². The number of aryl methyl sites for hydroxylation is 2. The lowest BCUT2D eigenvalue weighted by Gasteiger charge is -2.14. The Morgan fingerprint density at radius 2 is 1.90 bits per heavy atom. The second kappa shape index (κ2) is 8.12. The number of benzene rings is 1. The van der Waals surface area contributed by atoms with Crippen LogP contribution in [0, 0.1) is 13.8 Å². The zero-order valence-electron chi connectivity index (χ0n) is 16.4.